The number of aryl methyl sites for hydroxylation is 2. The van der Waals surface area contributed by atoms with Crippen molar-refractivity contribution in [2.45, 2.75) is 13.8 Å². The summed E-state index contributed by atoms with van der Waals surface area (Å²) in [5.41, 5.74) is 13.3. The molecule has 1 aromatic heterocycles. The number of hydrogen-bond acceptors (Lipinski definition) is 4. The molecule has 4 heteroatoms. The fourth-order valence-electron chi connectivity index (χ4n) is 5.57. The molecule has 0 bridgehead atoms. The largest absolute Gasteiger partial charge is 0.356 e. The van der Waals surface area contributed by atoms with Crippen LogP contribution < -0.4 is 10.2 Å². The van der Waals surface area contributed by atoms with E-state index in [0.29, 0.717) is 0 Å². The molecular weight excluding hydrogens is 536 g/mol. The van der Waals surface area contributed by atoms with E-state index in [4.69, 9.17) is 9.97 Å². The Morgan fingerprint density at radius 2 is 0.818 bits per heavy atom. The summed E-state index contributed by atoms with van der Waals surface area (Å²) in [5, 5.41) is 3.48. The molecule has 4 nitrogen and oxygen atoms in total. The lowest BCUT2D eigenvalue weighted by atomic mass is 10.0. The average molecular weight is 569 g/mol. The zero-order valence-corrected chi connectivity index (χ0v) is 24.8. The van der Waals surface area contributed by atoms with Crippen molar-refractivity contribution in [1.29, 1.82) is 0 Å². The maximum Gasteiger partial charge on any atom is 0.0973 e. The van der Waals surface area contributed by atoms with Crippen LogP contribution in [0.1, 0.15) is 11.1 Å². The standard InChI is InChI=1S/C40H32N4/c1-28-18-19-29(2)38-37(28)42-39(30-12-6-3-7-13-30)40(43-38)31-20-24-35(25-21-31)44(34-16-10-5-11-17-34)36-26-22-33(23-27-36)41-32-14-8-4-9-15-32/h3-27,41H,1-2H3. The minimum atomic E-state index is 0.881. The van der Waals surface area contributed by atoms with Crippen molar-refractivity contribution in [1.82, 2.24) is 9.97 Å². The van der Waals surface area contributed by atoms with Gasteiger partial charge in [-0.1, -0.05) is 91.0 Å². The zero-order valence-electron chi connectivity index (χ0n) is 24.8. The molecule has 0 spiro atoms. The van der Waals surface area contributed by atoms with Crippen LogP contribution in [-0.2, 0) is 0 Å². The molecule has 0 aliphatic heterocycles. The Morgan fingerprint density at radius 1 is 0.409 bits per heavy atom. The molecule has 0 aliphatic carbocycles. The number of rotatable bonds is 7. The number of para-hydroxylation sites is 2. The second-order valence-corrected chi connectivity index (χ2v) is 10.9. The zero-order chi connectivity index (χ0) is 29.9. The highest BCUT2D eigenvalue weighted by Gasteiger charge is 2.17. The third-order valence-corrected chi connectivity index (χ3v) is 7.87. The molecule has 7 aromatic rings. The number of nitrogens with zero attached hydrogens (tertiary/aromatic N) is 3. The predicted molar refractivity (Wildman–Crippen MR) is 184 cm³/mol. The van der Waals surface area contributed by atoms with Gasteiger partial charge >= 0.3 is 0 Å². The van der Waals surface area contributed by atoms with E-state index < -0.39 is 0 Å². The summed E-state index contributed by atoms with van der Waals surface area (Å²) in [6, 6.07) is 52.5. The van der Waals surface area contributed by atoms with Crippen LogP contribution in [0.15, 0.2) is 152 Å². The second-order valence-electron chi connectivity index (χ2n) is 10.9. The Bertz CT molecular complexity index is 2020. The van der Waals surface area contributed by atoms with Gasteiger partial charge in [0.15, 0.2) is 0 Å². The normalized spacial score (nSPS) is 11.0. The lowest BCUT2D eigenvalue weighted by Gasteiger charge is -2.26. The topological polar surface area (TPSA) is 41.1 Å². The maximum atomic E-state index is 5.23. The minimum Gasteiger partial charge on any atom is -0.356 e. The fourth-order valence-corrected chi connectivity index (χ4v) is 5.57. The molecule has 44 heavy (non-hydrogen) atoms. The van der Waals surface area contributed by atoms with Crippen molar-refractivity contribution in [3.8, 4) is 22.5 Å². The van der Waals surface area contributed by atoms with Gasteiger partial charge in [0, 0.05) is 39.6 Å². The van der Waals surface area contributed by atoms with Crippen LogP contribution in [0, 0.1) is 13.8 Å². The molecule has 0 amide bonds. The first kappa shape index (κ1) is 27.1. The van der Waals surface area contributed by atoms with Gasteiger partial charge < -0.3 is 10.2 Å². The molecule has 1 heterocycles. The summed E-state index contributed by atoms with van der Waals surface area (Å²) in [4.78, 5) is 12.7. The van der Waals surface area contributed by atoms with Crippen molar-refractivity contribution in [2.75, 3.05) is 10.2 Å². The minimum absolute atomic E-state index is 0.881. The summed E-state index contributed by atoms with van der Waals surface area (Å²) < 4.78 is 0. The van der Waals surface area contributed by atoms with Gasteiger partial charge in [0.25, 0.3) is 0 Å². The van der Waals surface area contributed by atoms with Gasteiger partial charge in [-0.05, 0) is 85.6 Å². The fraction of sp³-hybridized carbons (Fsp3) is 0.0500. The number of hydrogen-bond donors (Lipinski definition) is 1. The Labute approximate surface area is 258 Å². The van der Waals surface area contributed by atoms with Crippen molar-refractivity contribution < 1.29 is 0 Å². The lowest BCUT2D eigenvalue weighted by Crippen LogP contribution is -2.09. The SMILES string of the molecule is Cc1ccc(C)c2nc(-c3ccc(N(c4ccccc4)c4ccc(Nc5ccccc5)cc4)cc3)c(-c3ccccc3)nc12. The first-order valence-corrected chi connectivity index (χ1v) is 14.9. The van der Waals surface area contributed by atoms with Crippen molar-refractivity contribution >= 4 is 39.5 Å². The van der Waals surface area contributed by atoms with E-state index >= 15 is 0 Å². The summed E-state index contributed by atoms with van der Waals surface area (Å²) >= 11 is 0. The molecule has 0 fully saturated rings. The molecule has 212 valence electrons. The molecule has 1 N–H and O–H groups in total. The number of benzene rings is 6. The average Bonchev–Trinajstić information content (AvgIpc) is 3.09. The van der Waals surface area contributed by atoms with Crippen LogP contribution >= 0.6 is 0 Å². The van der Waals surface area contributed by atoms with E-state index in [9.17, 15) is 0 Å². The number of anilines is 5. The van der Waals surface area contributed by atoms with Crippen molar-refractivity contribution in [3.63, 3.8) is 0 Å². The smallest absolute Gasteiger partial charge is 0.0973 e. The molecule has 7 rings (SSSR count). The number of nitrogens with one attached hydrogen (secondary N) is 1. The number of fused-ring (bicyclic) bond motifs is 1. The summed E-state index contributed by atoms with van der Waals surface area (Å²) in [7, 11) is 0. The van der Waals surface area contributed by atoms with Crippen LogP contribution in [0.4, 0.5) is 28.4 Å². The van der Waals surface area contributed by atoms with Crippen LogP contribution in [0.5, 0.6) is 0 Å². The highest BCUT2D eigenvalue weighted by atomic mass is 15.1. The van der Waals surface area contributed by atoms with Crippen LogP contribution in [-0.4, -0.2) is 9.97 Å². The van der Waals surface area contributed by atoms with Crippen LogP contribution in [0.2, 0.25) is 0 Å². The van der Waals surface area contributed by atoms with Crippen molar-refractivity contribution in [2.24, 2.45) is 0 Å². The third-order valence-electron chi connectivity index (χ3n) is 7.87. The Morgan fingerprint density at radius 3 is 1.36 bits per heavy atom. The maximum absolute atomic E-state index is 5.23. The quantitative estimate of drug-likeness (QED) is 0.208. The lowest BCUT2D eigenvalue weighted by molar-refractivity contribution is 1.25. The van der Waals surface area contributed by atoms with Gasteiger partial charge in [-0.15, -0.1) is 0 Å². The van der Waals surface area contributed by atoms with E-state index in [2.05, 4.69) is 145 Å². The van der Waals surface area contributed by atoms with Gasteiger partial charge in [-0.2, -0.15) is 0 Å². The predicted octanol–water partition coefficient (Wildman–Crippen LogP) is 10.8. The van der Waals surface area contributed by atoms with Crippen LogP contribution in [0.25, 0.3) is 33.5 Å². The first-order valence-electron chi connectivity index (χ1n) is 14.9. The van der Waals surface area contributed by atoms with Gasteiger partial charge in [0.05, 0.1) is 22.4 Å². The van der Waals surface area contributed by atoms with Gasteiger partial charge in [-0.3, -0.25) is 0 Å². The van der Waals surface area contributed by atoms with E-state index in [1.807, 2.05) is 30.3 Å². The summed E-state index contributed by atoms with van der Waals surface area (Å²) in [6.07, 6.45) is 0. The highest BCUT2D eigenvalue weighted by Crippen LogP contribution is 2.38. The Kier molecular flexibility index (Phi) is 7.31. The van der Waals surface area contributed by atoms with Gasteiger partial charge in [0.1, 0.15) is 0 Å². The Hall–Kier alpha value is -5.74. The monoisotopic (exact) mass is 568 g/mol. The second kappa shape index (κ2) is 11.9. The molecule has 0 radical (unpaired) electrons. The van der Waals surface area contributed by atoms with Crippen LogP contribution in [0.3, 0.4) is 0 Å². The molecule has 0 saturated carbocycles. The molecular formula is C40H32N4. The number of aromatic nitrogens is 2. The molecule has 0 unspecified atom stereocenters. The van der Waals surface area contributed by atoms with E-state index in [1.54, 1.807) is 0 Å². The molecule has 0 saturated heterocycles. The first-order chi connectivity index (χ1) is 21.6. The summed E-state index contributed by atoms with van der Waals surface area (Å²) in [5.74, 6) is 0. The van der Waals surface area contributed by atoms with Crippen molar-refractivity contribution in [3.05, 3.63) is 163 Å². The molecule has 6 aromatic carbocycles. The van der Waals surface area contributed by atoms with E-state index in [0.717, 1.165) is 73.1 Å². The molecule has 0 aliphatic rings. The van der Waals surface area contributed by atoms with Gasteiger partial charge in [-0.25, -0.2) is 9.97 Å². The summed E-state index contributed by atoms with van der Waals surface area (Å²) in [6.45, 7) is 4.20. The highest BCUT2D eigenvalue weighted by molar-refractivity contribution is 5.90. The Balaban J connectivity index is 1.29. The van der Waals surface area contributed by atoms with E-state index in [-0.39, 0.29) is 0 Å². The van der Waals surface area contributed by atoms with E-state index in [1.165, 1.54) is 0 Å². The van der Waals surface area contributed by atoms with Gasteiger partial charge in [0.2, 0.25) is 0 Å². The molecule has 0 atom stereocenters. The third kappa shape index (κ3) is 5.41.